The van der Waals surface area contributed by atoms with Crippen molar-refractivity contribution in [2.75, 3.05) is 0 Å². The Morgan fingerprint density at radius 1 is 1.52 bits per heavy atom. The standard InChI is InChI=1S/C14H20N4O3/c1-18-7-9(6-16-18)11(8-4-10(19)5-8)17-13(21)14(2-3-14)12(15)20/h6-8,10-11,19H,2-5H2,1H3,(H2,15,20)(H,17,21)/t8?,10?,11-/m1/s1. The average molecular weight is 292 g/mol. The molecule has 1 aromatic heterocycles. The first-order valence-electron chi connectivity index (χ1n) is 7.20. The fourth-order valence-corrected chi connectivity index (χ4v) is 2.97. The van der Waals surface area contributed by atoms with Gasteiger partial charge in [0.2, 0.25) is 11.8 Å². The van der Waals surface area contributed by atoms with Gasteiger partial charge >= 0.3 is 0 Å². The summed E-state index contributed by atoms with van der Waals surface area (Å²) in [7, 11) is 1.81. The number of aliphatic hydroxyl groups is 1. The second-order valence-corrected chi connectivity index (χ2v) is 6.23. The van der Waals surface area contributed by atoms with Crippen LogP contribution in [0, 0.1) is 11.3 Å². The molecule has 1 aromatic rings. The molecule has 0 saturated heterocycles. The van der Waals surface area contributed by atoms with Crippen LogP contribution in [0.2, 0.25) is 0 Å². The summed E-state index contributed by atoms with van der Waals surface area (Å²) in [6.45, 7) is 0. The molecule has 2 saturated carbocycles. The van der Waals surface area contributed by atoms with Crippen LogP contribution >= 0.6 is 0 Å². The predicted molar refractivity (Wildman–Crippen MR) is 73.7 cm³/mol. The smallest absolute Gasteiger partial charge is 0.236 e. The summed E-state index contributed by atoms with van der Waals surface area (Å²) in [4.78, 5) is 23.8. The van der Waals surface area contributed by atoms with Crippen LogP contribution < -0.4 is 11.1 Å². The van der Waals surface area contributed by atoms with Crippen LogP contribution in [0.1, 0.15) is 37.3 Å². The molecule has 0 aliphatic heterocycles. The molecule has 0 unspecified atom stereocenters. The zero-order chi connectivity index (χ0) is 15.2. The van der Waals surface area contributed by atoms with Crippen molar-refractivity contribution in [3.8, 4) is 0 Å². The van der Waals surface area contributed by atoms with Crippen LogP contribution in [0.3, 0.4) is 0 Å². The van der Waals surface area contributed by atoms with Gasteiger partial charge in [-0.05, 0) is 31.6 Å². The number of aryl methyl sites for hydroxylation is 1. The molecule has 7 nitrogen and oxygen atoms in total. The van der Waals surface area contributed by atoms with Crippen LogP contribution in [0.4, 0.5) is 0 Å². The van der Waals surface area contributed by atoms with Crippen molar-refractivity contribution < 1.29 is 14.7 Å². The summed E-state index contributed by atoms with van der Waals surface area (Å²) < 4.78 is 1.67. The topological polar surface area (TPSA) is 110 Å². The van der Waals surface area contributed by atoms with E-state index in [2.05, 4.69) is 10.4 Å². The minimum atomic E-state index is -1.02. The highest BCUT2D eigenvalue weighted by Gasteiger charge is 2.56. The molecule has 114 valence electrons. The fraction of sp³-hybridized carbons (Fsp3) is 0.643. The molecule has 3 rings (SSSR count). The summed E-state index contributed by atoms with van der Waals surface area (Å²) in [6, 6.07) is -0.230. The van der Waals surface area contributed by atoms with Gasteiger partial charge in [-0.25, -0.2) is 0 Å². The minimum Gasteiger partial charge on any atom is -0.393 e. The highest BCUT2D eigenvalue weighted by atomic mass is 16.3. The van der Waals surface area contributed by atoms with Gasteiger partial charge in [-0.3, -0.25) is 14.3 Å². The van der Waals surface area contributed by atoms with E-state index in [0.29, 0.717) is 25.7 Å². The van der Waals surface area contributed by atoms with E-state index in [1.165, 1.54) is 0 Å². The van der Waals surface area contributed by atoms with E-state index >= 15 is 0 Å². The molecule has 0 radical (unpaired) electrons. The van der Waals surface area contributed by atoms with E-state index in [1.807, 2.05) is 13.2 Å². The first-order valence-corrected chi connectivity index (χ1v) is 7.20. The average Bonchev–Trinajstić information content (AvgIpc) is 3.10. The Morgan fingerprint density at radius 2 is 2.19 bits per heavy atom. The lowest BCUT2D eigenvalue weighted by Crippen LogP contribution is -2.46. The predicted octanol–water partition coefficient (Wildman–Crippen LogP) is -0.386. The van der Waals surface area contributed by atoms with E-state index in [-0.39, 0.29) is 24.0 Å². The molecule has 0 aromatic carbocycles. The molecule has 0 spiro atoms. The number of hydrogen-bond acceptors (Lipinski definition) is 4. The molecular formula is C14H20N4O3. The maximum absolute atomic E-state index is 12.4. The van der Waals surface area contributed by atoms with Crippen LogP contribution in [0.25, 0.3) is 0 Å². The number of carbonyl (C=O) groups excluding carboxylic acids is 2. The van der Waals surface area contributed by atoms with Gasteiger partial charge in [-0.15, -0.1) is 0 Å². The van der Waals surface area contributed by atoms with Gasteiger partial charge in [-0.2, -0.15) is 5.10 Å². The van der Waals surface area contributed by atoms with Gasteiger partial charge in [-0.1, -0.05) is 0 Å². The molecule has 2 aliphatic rings. The van der Waals surface area contributed by atoms with Gasteiger partial charge in [0.25, 0.3) is 0 Å². The van der Waals surface area contributed by atoms with Crippen LogP contribution in [-0.2, 0) is 16.6 Å². The van der Waals surface area contributed by atoms with Crippen LogP contribution in [0.15, 0.2) is 12.4 Å². The van der Waals surface area contributed by atoms with Gasteiger partial charge in [0.05, 0.1) is 18.3 Å². The lowest BCUT2D eigenvalue weighted by atomic mass is 9.75. The normalized spacial score (nSPS) is 27.5. The maximum atomic E-state index is 12.4. The second-order valence-electron chi connectivity index (χ2n) is 6.23. The zero-order valence-electron chi connectivity index (χ0n) is 12.0. The number of nitrogens with zero attached hydrogens (tertiary/aromatic N) is 2. The molecule has 0 bridgehead atoms. The molecule has 7 heteroatoms. The Hall–Kier alpha value is -1.89. The summed E-state index contributed by atoms with van der Waals surface area (Å²) in [5, 5.41) is 16.6. The molecule has 2 fully saturated rings. The zero-order valence-corrected chi connectivity index (χ0v) is 12.0. The first-order chi connectivity index (χ1) is 9.92. The number of rotatable bonds is 5. The van der Waals surface area contributed by atoms with Crippen molar-refractivity contribution in [1.82, 2.24) is 15.1 Å². The van der Waals surface area contributed by atoms with Crippen molar-refractivity contribution in [3.63, 3.8) is 0 Å². The fourth-order valence-electron chi connectivity index (χ4n) is 2.97. The number of nitrogens with two attached hydrogens (primary N) is 1. The molecule has 2 amide bonds. The summed E-state index contributed by atoms with van der Waals surface area (Å²) in [5.74, 6) is -0.694. The van der Waals surface area contributed by atoms with Crippen LogP contribution in [-0.4, -0.2) is 32.8 Å². The number of hydrogen-bond donors (Lipinski definition) is 3. The van der Waals surface area contributed by atoms with Crippen molar-refractivity contribution in [3.05, 3.63) is 18.0 Å². The number of aromatic nitrogens is 2. The van der Waals surface area contributed by atoms with E-state index in [0.717, 1.165) is 5.56 Å². The van der Waals surface area contributed by atoms with E-state index in [4.69, 9.17) is 5.73 Å². The summed E-state index contributed by atoms with van der Waals surface area (Å²) >= 11 is 0. The maximum Gasteiger partial charge on any atom is 0.236 e. The largest absolute Gasteiger partial charge is 0.393 e. The third-order valence-electron chi connectivity index (χ3n) is 4.65. The van der Waals surface area contributed by atoms with E-state index in [9.17, 15) is 14.7 Å². The number of amides is 2. The van der Waals surface area contributed by atoms with Crippen LogP contribution in [0.5, 0.6) is 0 Å². The molecule has 21 heavy (non-hydrogen) atoms. The summed E-state index contributed by atoms with van der Waals surface area (Å²) in [6.07, 6.45) is 5.56. The number of nitrogens with one attached hydrogen (secondary N) is 1. The number of carbonyl (C=O) groups is 2. The molecule has 1 heterocycles. The minimum absolute atomic E-state index is 0.164. The monoisotopic (exact) mass is 292 g/mol. The van der Waals surface area contributed by atoms with Crippen molar-refractivity contribution in [1.29, 1.82) is 0 Å². The Labute approximate surface area is 122 Å². The number of primary amides is 1. The van der Waals surface area contributed by atoms with Gasteiger partial charge in [0.15, 0.2) is 0 Å². The molecule has 2 aliphatic carbocycles. The highest BCUT2D eigenvalue weighted by Crippen LogP contribution is 2.47. The van der Waals surface area contributed by atoms with E-state index in [1.54, 1.807) is 10.9 Å². The van der Waals surface area contributed by atoms with Crippen molar-refractivity contribution in [2.45, 2.75) is 37.8 Å². The Kier molecular flexibility index (Phi) is 3.24. The number of aliphatic hydroxyl groups excluding tert-OH is 1. The van der Waals surface area contributed by atoms with Crippen molar-refractivity contribution >= 4 is 11.8 Å². The Bertz CT molecular complexity index is 573. The van der Waals surface area contributed by atoms with Gasteiger partial charge in [0, 0.05) is 18.8 Å². The third-order valence-corrected chi connectivity index (χ3v) is 4.65. The quantitative estimate of drug-likeness (QED) is 0.642. The highest BCUT2D eigenvalue weighted by molar-refractivity contribution is 6.07. The molecule has 1 atom stereocenters. The Balaban J connectivity index is 1.77. The van der Waals surface area contributed by atoms with Gasteiger partial charge in [0.1, 0.15) is 5.41 Å². The first kappa shape index (κ1) is 14.1. The third kappa shape index (κ3) is 2.42. The van der Waals surface area contributed by atoms with Gasteiger partial charge < -0.3 is 16.2 Å². The second kappa shape index (κ2) is 4.84. The summed E-state index contributed by atoms with van der Waals surface area (Å²) in [5.41, 5.74) is 5.21. The lowest BCUT2D eigenvalue weighted by Gasteiger charge is -2.38. The van der Waals surface area contributed by atoms with Crippen molar-refractivity contribution in [2.24, 2.45) is 24.1 Å². The lowest BCUT2D eigenvalue weighted by molar-refractivity contribution is -0.136. The SMILES string of the molecule is Cn1cc([C@H](NC(=O)C2(C(N)=O)CC2)C2CC(O)C2)cn1. The molecule has 4 N–H and O–H groups in total. The Morgan fingerprint density at radius 3 is 2.62 bits per heavy atom. The van der Waals surface area contributed by atoms with E-state index < -0.39 is 11.3 Å². The molecular weight excluding hydrogens is 272 g/mol.